The number of ether oxygens (including phenoxy) is 1. The van der Waals surface area contributed by atoms with Crippen molar-refractivity contribution in [3.63, 3.8) is 0 Å². The molecule has 3 rings (SSSR count). The lowest BCUT2D eigenvalue weighted by Gasteiger charge is -2.05. The molecule has 1 aromatic carbocycles. The summed E-state index contributed by atoms with van der Waals surface area (Å²) in [6.45, 7) is 0.238. The molecule has 0 amide bonds. The average Bonchev–Trinajstić information content (AvgIpc) is 3.22. The van der Waals surface area contributed by atoms with Crippen LogP contribution < -0.4 is 4.74 Å². The first-order chi connectivity index (χ1) is 12.0. The molecule has 0 atom stereocenters. The number of halogens is 2. The van der Waals surface area contributed by atoms with Crippen LogP contribution in [-0.2, 0) is 13.7 Å². The third kappa shape index (κ3) is 4.32. The van der Waals surface area contributed by atoms with Gasteiger partial charge in [0.25, 0.3) is 0 Å². The number of carbonyl (C=O) groups is 1. The lowest BCUT2D eigenvalue weighted by atomic mass is 10.2. The molecule has 5 nitrogen and oxygen atoms in total. The predicted octanol–water partition coefficient (Wildman–Crippen LogP) is 4.80. The highest BCUT2D eigenvalue weighted by atomic mass is 35.5. The minimum atomic E-state index is -0.148. The minimum absolute atomic E-state index is 0.148. The van der Waals surface area contributed by atoms with Crippen LogP contribution in [0.3, 0.4) is 0 Å². The summed E-state index contributed by atoms with van der Waals surface area (Å²) in [4.78, 5) is 12.0. The number of hydrogen-bond donors (Lipinski definition) is 0. The number of aryl methyl sites for hydroxylation is 1. The second kappa shape index (κ2) is 7.59. The Bertz CT molecular complexity index is 928. The van der Waals surface area contributed by atoms with Crippen LogP contribution in [0, 0.1) is 0 Å². The summed E-state index contributed by atoms with van der Waals surface area (Å²) in [5.41, 5.74) is 0.506. The van der Waals surface area contributed by atoms with Crippen LogP contribution in [-0.4, -0.2) is 15.6 Å². The van der Waals surface area contributed by atoms with E-state index in [-0.39, 0.29) is 12.4 Å². The molecular weight excluding hydrogens is 363 g/mol. The average molecular weight is 377 g/mol. The summed E-state index contributed by atoms with van der Waals surface area (Å²) >= 11 is 11.8. The summed E-state index contributed by atoms with van der Waals surface area (Å²) < 4.78 is 12.7. The van der Waals surface area contributed by atoms with E-state index in [1.54, 1.807) is 55.7 Å². The van der Waals surface area contributed by atoms with Crippen molar-refractivity contribution >= 4 is 35.1 Å². The van der Waals surface area contributed by atoms with Crippen molar-refractivity contribution in [1.82, 2.24) is 9.78 Å². The molecule has 0 aliphatic carbocycles. The van der Waals surface area contributed by atoms with E-state index in [2.05, 4.69) is 5.10 Å². The molecular formula is C18H14Cl2N2O3. The molecule has 0 aliphatic heterocycles. The van der Waals surface area contributed by atoms with Gasteiger partial charge in [-0.15, -0.1) is 0 Å². The van der Waals surface area contributed by atoms with Gasteiger partial charge in [0, 0.05) is 19.3 Å². The number of rotatable bonds is 6. The second-order valence-corrected chi connectivity index (χ2v) is 6.02. The number of aromatic nitrogens is 2. The van der Waals surface area contributed by atoms with E-state index in [9.17, 15) is 4.79 Å². The van der Waals surface area contributed by atoms with Crippen molar-refractivity contribution in [2.75, 3.05) is 0 Å². The van der Waals surface area contributed by atoms with Crippen molar-refractivity contribution in [2.45, 2.75) is 6.61 Å². The predicted molar refractivity (Wildman–Crippen MR) is 96.1 cm³/mol. The largest absolute Gasteiger partial charge is 0.486 e. The molecule has 3 aromatic rings. The first-order valence-electron chi connectivity index (χ1n) is 7.40. The third-order valence-corrected chi connectivity index (χ3v) is 4.17. The van der Waals surface area contributed by atoms with Crippen LogP contribution in [0.1, 0.15) is 22.0 Å². The molecule has 2 heterocycles. The summed E-state index contributed by atoms with van der Waals surface area (Å²) in [7, 11) is 1.71. The lowest BCUT2D eigenvalue weighted by Crippen LogP contribution is -2.03. The number of nitrogens with zero attached hydrogens (tertiary/aromatic N) is 2. The Labute approximate surface area is 154 Å². The van der Waals surface area contributed by atoms with Crippen molar-refractivity contribution in [2.24, 2.45) is 7.05 Å². The molecule has 2 aromatic heterocycles. The molecule has 0 unspecified atom stereocenters. The lowest BCUT2D eigenvalue weighted by molar-refractivity contribution is 0.103. The zero-order chi connectivity index (χ0) is 17.8. The van der Waals surface area contributed by atoms with Gasteiger partial charge in [-0.05, 0) is 42.5 Å². The molecule has 0 radical (unpaired) electrons. The summed E-state index contributed by atoms with van der Waals surface area (Å²) in [6.07, 6.45) is 4.63. The number of furan rings is 1. The van der Waals surface area contributed by atoms with Gasteiger partial charge in [0.15, 0.2) is 0 Å². The second-order valence-electron chi connectivity index (χ2n) is 5.21. The van der Waals surface area contributed by atoms with E-state index in [0.29, 0.717) is 33.0 Å². The third-order valence-electron chi connectivity index (χ3n) is 3.43. The highest BCUT2D eigenvalue weighted by Gasteiger charge is 2.07. The minimum Gasteiger partial charge on any atom is -0.486 e. The smallest absolute Gasteiger partial charge is 0.203 e. The van der Waals surface area contributed by atoms with E-state index in [4.69, 9.17) is 32.4 Å². The molecule has 0 saturated heterocycles. The zero-order valence-corrected chi connectivity index (χ0v) is 14.8. The van der Waals surface area contributed by atoms with Crippen LogP contribution in [0.15, 0.2) is 53.1 Å². The standard InChI is InChI=1S/C18H14Cl2N2O3/c1-22-17(8-9-21-22)18(23)7-5-12-2-3-14(25-12)11-24-13-4-6-15(19)16(20)10-13/h2-10H,11H2,1H3. The van der Waals surface area contributed by atoms with Crippen molar-refractivity contribution in [1.29, 1.82) is 0 Å². The molecule has 0 saturated carbocycles. The Morgan fingerprint density at radius 2 is 2.08 bits per heavy atom. The molecule has 0 fully saturated rings. The van der Waals surface area contributed by atoms with E-state index >= 15 is 0 Å². The van der Waals surface area contributed by atoms with Crippen LogP contribution in [0.4, 0.5) is 0 Å². The maximum absolute atomic E-state index is 12.0. The number of allylic oxidation sites excluding steroid dienone is 1. The molecule has 0 spiro atoms. The molecule has 0 bridgehead atoms. The van der Waals surface area contributed by atoms with Gasteiger partial charge in [0.1, 0.15) is 29.6 Å². The van der Waals surface area contributed by atoms with Gasteiger partial charge < -0.3 is 9.15 Å². The van der Waals surface area contributed by atoms with Gasteiger partial charge in [-0.25, -0.2) is 0 Å². The quantitative estimate of drug-likeness (QED) is 0.458. The SMILES string of the molecule is Cn1nccc1C(=O)C=Cc1ccc(COc2ccc(Cl)c(Cl)c2)o1. The molecule has 0 N–H and O–H groups in total. The van der Waals surface area contributed by atoms with Gasteiger partial charge >= 0.3 is 0 Å². The van der Waals surface area contributed by atoms with Gasteiger partial charge in [0.2, 0.25) is 5.78 Å². The Kier molecular flexibility index (Phi) is 5.26. The molecule has 128 valence electrons. The number of hydrogen-bond acceptors (Lipinski definition) is 4. The van der Waals surface area contributed by atoms with Gasteiger partial charge in [-0.1, -0.05) is 23.2 Å². The van der Waals surface area contributed by atoms with E-state index in [0.717, 1.165) is 0 Å². The summed E-state index contributed by atoms with van der Waals surface area (Å²) in [5.74, 6) is 1.63. The Morgan fingerprint density at radius 1 is 1.24 bits per heavy atom. The highest BCUT2D eigenvalue weighted by molar-refractivity contribution is 6.42. The number of carbonyl (C=O) groups excluding carboxylic acids is 1. The van der Waals surface area contributed by atoms with E-state index in [1.165, 1.54) is 10.8 Å². The molecule has 7 heteroatoms. The van der Waals surface area contributed by atoms with Crippen molar-refractivity contribution in [3.05, 3.63) is 75.9 Å². The topological polar surface area (TPSA) is 57.3 Å². The zero-order valence-electron chi connectivity index (χ0n) is 13.3. The normalized spacial score (nSPS) is 11.2. The van der Waals surface area contributed by atoms with E-state index in [1.807, 2.05) is 0 Å². The first-order valence-corrected chi connectivity index (χ1v) is 8.15. The fourth-order valence-corrected chi connectivity index (χ4v) is 2.43. The Morgan fingerprint density at radius 3 is 2.80 bits per heavy atom. The Balaban J connectivity index is 1.60. The van der Waals surface area contributed by atoms with Gasteiger partial charge in [0.05, 0.1) is 10.0 Å². The fourth-order valence-electron chi connectivity index (χ4n) is 2.14. The highest BCUT2D eigenvalue weighted by Crippen LogP contribution is 2.27. The van der Waals surface area contributed by atoms with Crippen molar-refractivity contribution < 1.29 is 13.9 Å². The van der Waals surface area contributed by atoms with Crippen LogP contribution >= 0.6 is 23.2 Å². The van der Waals surface area contributed by atoms with Crippen LogP contribution in [0.25, 0.3) is 6.08 Å². The monoisotopic (exact) mass is 376 g/mol. The molecule has 0 aliphatic rings. The first kappa shape index (κ1) is 17.3. The number of ketones is 1. The van der Waals surface area contributed by atoms with Gasteiger partial charge in [-0.3, -0.25) is 9.48 Å². The van der Waals surface area contributed by atoms with Crippen LogP contribution in [0.2, 0.25) is 10.0 Å². The van der Waals surface area contributed by atoms with Crippen LogP contribution in [0.5, 0.6) is 5.75 Å². The van der Waals surface area contributed by atoms with Crippen molar-refractivity contribution in [3.8, 4) is 5.75 Å². The maximum atomic E-state index is 12.0. The molecule has 25 heavy (non-hydrogen) atoms. The fraction of sp³-hybridized carbons (Fsp3) is 0.111. The summed E-state index contributed by atoms with van der Waals surface area (Å²) in [5, 5.41) is 4.86. The summed E-state index contributed by atoms with van der Waals surface area (Å²) in [6, 6.07) is 10.2. The maximum Gasteiger partial charge on any atom is 0.203 e. The number of benzene rings is 1. The van der Waals surface area contributed by atoms with Gasteiger partial charge in [-0.2, -0.15) is 5.10 Å². The Hall–Kier alpha value is -2.50. The van der Waals surface area contributed by atoms with E-state index < -0.39 is 0 Å².